The molecule has 0 bridgehead atoms. The van der Waals surface area contributed by atoms with E-state index in [0.717, 1.165) is 5.56 Å². The predicted octanol–water partition coefficient (Wildman–Crippen LogP) is 0.102. The van der Waals surface area contributed by atoms with Crippen molar-refractivity contribution < 1.29 is 14.2 Å². The third kappa shape index (κ3) is 4.63. The number of primary amides is 1. The summed E-state index contributed by atoms with van der Waals surface area (Å²) in [7, 11) is 0. The number of rotatable bonds is 8. The Hall–Kier alpha value is -5.14. The van der Waals surface area contributed by atoms with E-state index in [2.05, 4.69) is 46.1 Å². The van der Waals surface area contributed by atoms with Crippen molar-refractivity contribution in [3.8, 4) is 5.82 Å². The van der Waals surface area contributed by atoms with Crippen LogP contribution in [0.1, 0.15) is 32.1 Å². The highest BCUT2D eigenvalue weighted by molar-refractivity contribution is 5.98. The Morgan fingerprint density at radius 1 is 1.15 bits per heavy atom. The molecule has 166 valence electrons. The summed E-state index contributed by atoms with van der Waals surface area (Å²) in [5.41, 5.74) is 15.3. The van der Waals surface area contributed by atoms with E-state index in [9.17, 15) is 9.59 Å². The number of nitrogens with two attached hydrogens (primary N) is 2. The number of benzene rings is 1. The molecule has 2 amide bonds. The molecule has 0 aliphatic heterocycles. The van der Waals surface area contributed by atoms with Crippen molar-refractivity contribution in [2.75, 3.05) is 11.1 Å². The number of amides is 2. The number of nitrogen functional groups attached to an aromatic ring is 1. The highest BCUT2D eigenvalue weighted by Crippen LogP contribution is 2.19. The summed E-state index contributed by atoms with van der Waals surface area (Å²) in [6.45, 7) is 0.000412. The molecule has 4 rings (SSSR count). The predicted molar refractivity (Wildman–Crippen MR) is 115 cm³/mol. The maximum atomic E-state index is 12.8. The first kappa shape index (κ1) is 21.1. The van der Waals surface area contributed by atoms with Crippen molar-refractivity contribution in [3.63, 3.8) is 0 Å². The maximum Gasteiger partial charge on any atom is 0.293 e. The minimum absolute atomic E-state index is 0.000412. The lowest BCUT2D eigenvalue weighted by molar-refractivity contribution is 0.0947. The van der Waals surface area contributed by atoms with Gasteiger partial charge >= 0.3 is 0 Å². The fraction of sp³-hybridized carbons (Fsp3) is 0.0526. The van der Waals surface area contributed by atoms with Crippen LogP contribution in [0.3, 0.4) is 0 Å². The van der Waals surface area contributed by atoms with Crippen LogP contribution in [0.25, 0.3) is 5.82 Å². The summed E-state index contributed by atoms with van der Waals surface area (Å²) in [5, 5.41) is 22.1. The summed E-state index contributed by atoms with van der Waals surface area (Å²) in [4.78, 5) is 28.4. The van der Waals surface area contributed by atoms with Gasteiger partial charge in [-0.15, -0.1) is 5.10 Å². The number of hydrogen-bond donors (Lipinski definition) is 4. The molecule has 1 aromatic carbocycles. The summed E-state index contributed by atoms with van der Waals surface area (Å²) >= 11 is 0. The second kappa shape index (κ2) is 9.34. The van der Waals surface area contributed by atoms with E-state index in [1.807, 2.05) is 0 Å². The van der Waals surface area contributed by atoms with Crippen LogP contribution in [0.2, 0.25) is 0 Å². The molecule has 0 spiro atoms. The van der Waals surface area contributed by atoms with Gasteiger partial charge in [-0.25, -0.2) is 10.1 Å². The lowest BCUT2D eigenvalue weighted by Gasteiger charge is -2.11. The molecule has 33 heavy (non-hydrogen) atoms. The Kier molecular flexibility index (Phi) is 5.97. The van der Waals surface area contributed by atoms with Gasteiger partial charge in [0.25, 0.3) is 11.8 Å². The molecule has 0 atom stereocenters. The Bertz CT molecular complexity index is 1310. The van der Waals surface area contributed by atoms with Crippen molar-refractivity contribution in [1.29, 1.82) is 0 Å². The molecule has 0 aliphatic rings. The van der Waals surface area contributed by atoms with Crippen LogP contribution < -0.4 is 22.2 Å². The Morgan fingerprint density at radius 2 is 1.94 bits per heavy atom. The SMILES string of the molecule is NC(=O)c1ccccc1NCc1c(C(=O)NN=Cc2ccncc2)nnn1-c1nonc1N. The second-order valence-electron chi connectivity index (χ2n) is 6.51. The number of hydrazone groups is 1. The topological polar surface area (TPSA) is 205 Å². The third-order valence-corrected chi connectivity index (χ3v) is 4.40. The molecule has 3 aromatic heterocycles. The van der Waals surface area contributed by atoms with Crippen molar-refractivity contribution in [3.05, 3.63) is 71.3 Å². The number of pyridine rings is 1. The number of carbonyl (C=O) groups excluding carboxylic acids is 2. The molecule has 0 saturated carbocycles. The van der Waals surface area contributed by atoms with Gasteiger partial charge in [-0.3, -0.25) is 14.6 Å². The number of para-hydroxylation sites is 1. The van der Waals surface area contributed by atoms with E-state index < -0.39 is 11.8 Å². The van der Waals surface area contributed by atoms with Gasteiger partial charge in [0.2, 0.25) is 11.6 Å². The standard InChI is InChI=1S/C19H17N11O3/c20-16-18(28-33-27-16)30-14(10-23-13-4-2-1-3-12(13)17(21)31)15(25-29-30)19(32)26-24-9-11-5-7-22-8-6-11/h1-9,23H,10H2,(H2,20,27)(H2,21,31)(H,26,32). The summed E-state index contributed by atoms with van der Waals surface area (Å²) in [6, 6.07) is 10.1. The van der Waals surface area contributed by atoms with E-state index in [1.54, 1.807) is 48.8 Å². The van der Waals surface area contributed by atoms with Crippen molar-refractivity contribution >= 4 is 29.5 Å². The number of aromatic nitrogens is 6. The van der Waals surface area contributed by atoms with Crippen molar-refractivity contribution in [1.82, 2.24) is 35.7 Å². The van der Waals surface area contributed by atoms with E-state index in [0.29, 0.717) is 5.69 Å². The van der Waals surface area contributed by atoms with Gasteiger partial charge in [0.1, 0.15) is 0 Å². The zero-order valence-corrected chi connectivity index (χ0v) is 16.9. The Morgan fingerprint density at radius 3 is 2.67 bits per heavy atom. The number of carbonyl (C=O) groups is 2. The van der Waals surface area contributed by atoms with Crippen molar-refractivity contribution in [2.24, 2.45) is 10.8 Å². The van der Waals surface area contributed by atoms with E-state index in [-0.39, 0.29) is 35.1 Å². The molecule has 0 aliphatic carbocycles. The smallest absolute Gasteiger partial charge is 0.293 e. The number of anilines is 2. The molecule has 14 nitrogen and oxygen atoms in total. The van der Waals surface area contributed by atoms with E-state index in [1.165, 1.54) is 10.9 Å². The first-order chi connectivity index (χ1) is 16.0. The fourth-order valence-electron chi connectivity index (χ4n) is 2.84. The zero-order chi connectivity index (χ0) is 23.2. The number of hydrogen-bond acceptors (Lipinski definition) is 11. The lowest BCUT2D eigenvalue weighted by atomic mass is 10.1. The average molecular weight is 447 g/mol. The summed E-state index contributed by atoms with van der Waals surface area (Å²) in [5.74, 6) is -1.26. The van der Waals surface area contributed by atoms with Crippen LogP contribution >= 0.6 is 0 Å². The lowest BCUT2D eigenvalue weighted by Crippen LogP contribution is -2.22. The minimum Gasteiger partial charge on any atom is -0.379 e. The first-order valence-corrected chi connectivity index (χ1v) is 9.43. The third-order valence-electron chi connectivity index (χ3n) is 4.40. The monoisotopic (exact) mass is 447 g/mol. The quantitative estimate of drug-likeness (QED) is 0.212. The molecule has 0 radical (unpaired) electrons. The van der Waals surface area contributed by atoms with Crippen LogP contribution in [0.15, 0.2) is 58.5 Å². The molecular weight excluding hydrogens is 430 g/mol. The van der Waals surface area contributed by atoms with Gasteiger partial charge in [0.05, 0.1) is 24.0 Å². The Labute approximate surface area is 185 Å². The number of nitrogens with zero attached hydrogens (tertiary/aromatic N) is 7. The van der Waals surface area contributed by atoms with Crippen LogP contribution in [-0.4, -0.2) is 48.3 Å². The van der Waals surface area contributed by atoms with Crippen LogP contribution in [-0.2, 0) is 6.54 Å². The normalized spacial score (nSPS) is 10.9. The van der Waals surface area contributed by atoms with Gasteiger partial charge in [-0.05, 0) is 40.1 Å². The highest BCUT2D eigenvalue weighted by Gasteiger charge is 2.24. The number of nitrogens with one attached hydrogen (secondary N) is 2. The second-order valence-corrected chi connectivity index (χ2v) is 6.51. The molecule has 4 aromatic rings. The summed E-state index contributed by atoms with van der Waals surface area (Å²) in [6.07, 6.45) is 4.64. The highest BCUT2D eigenvalue weighted by atomic mass is 16.6. The minimum atomic E-state index is -0.637. The largest absolute Gasteiger partial charge is 0.379 e. The van der Waals surface area contributed by atoms with Gasteiger partial charge in [0, 0.05) is 18.1 Å². The van der Waals surface area contributed by atoms with Crippen LogP contribution in [0.5, 0.6) is 0 Å². The van der Waals surface area contributed by atoms with Crippen LogP contribution in [0, 0.1) is 0 Å². The fourth-order valence-corrected chi connectivity index (χ4v) is 2.84. The molecule has 6 N–H and O–H groups in total. The van der Waals surface area contributed by atoms with Gasteiger partial charge in [-0.1, -0.05) is 17.3 Å². The zero-order valence-electron chi connectivity index (χ0n) is 16.9. The molecule has 0 unspecified atom stereocenters. The Balaban J connectivity index is 1.62. The first-order valence-electron chi connectivity index (χ1n) is 9.43. The summed E-state index contributed by atoms with van der Waals surface area (Å²) < 4.78 is 5.83. The van der Waals surface area contributed by atoms with E-state index in [4.69, 9.17) is 11.5 Å². The van der Waals surface area contributed by atoms with Crippen LogP contribution in [0.4, 0.5) is 11.5 Å². The average Bonchev–Trinajstić information content (AvgIpc) is 3.44. The maximum absolute atomic E-state index is 12.8. The molecule has 0 saturated heterocycles. The molecule has 3 heterocycles. The molecular formula is C19H17N11O3. The molecule has 0 fully saturated rings. The van der Waals surface area contributed by atoms with Crippen molar-refractivity contribution in [2.45, 2.75) is 6.54 Å². The van der Waals surface area contributed by atoms with E-state index >= 15 is 0 Å². The molecule has 14 heteroatoms. The van der Waals surface area contributed by atoms with Gasteiger partial charge in [0.15, 0.2) is 5.69 Å². The van der Waals surface area contributed by atoms with Gasteiger partial charge in [-0.2, -0.15) is 9.78 Å². The van der Waals surface area contributed by atoms with Gasteiger partial charge < -0.3 is 16.8 Å².